The van der Waals surface area contributed by atoms with Crippen LogP contribution in [0.15, 0.2) is 30.6 Å². The Kier molecular flexibility index (Phi) is 5.28. The minimum absolute atomic E-state index is 0.638. The maximum absolute atomic E-state index is 5.84. The van der Waals surface area contributed by atoms with E-state index in [4.69, 9.17) is 4.74 Å². The number of pyridine rings is 2. The van der Waals surface area contributed by atoms with Gasteiger partial charge in [0.25, 0.3) is 0 Å². The van der Waals surface area contributed by atoms with Gasteiger partial charge in [-0.3, -0.25) is 4.98 Å². The quantitative estimate of drug-likeness (QED) is 0.880. The van der Waals surface area contributed by atoms with E-state index in [-0.39, 0.29) is 0 Å². The molecule has 0 unspecified atom stereocenters. The molecule has 0 bridgehead atoms. The molecule has 0 aromatic carbocycles. The van der Waals surface area contributed by atoms with Gasteiger partial charge in [0, 0.05) is 24.5 Å². The lowest BCUT2D eigenvalue weighted by molar-refractivity contribution is 0.452. The van der Waals surface area contributed by atoms with Crippen molar-refractivity contribution in [3.8, 4) is 11.6 Å². The fourth-order valence-corrected chi connectivity index (χ4v) is 2.01. The van der Waals surface area contributed by atoms with E-state index in [1.807, 2.05) is 32.2 Å². The molecule has 4 nitrogen and oxygen atoms in total. The van der Waals surface area contributed by atoms with Gasteiger partial charge in [-0.05, 0) is 50.1 Å². The Balaban J connectivity index is 2.04. The molecule has 21 heavy (non-hydrogen) atoms. The Labute approximate surface area is 126 Å². The fraction of sp³-hybridized carbons (Fsp3) is 0.412. The second-order valence-electron chi connectivity index (χ2n) is 5.68. The summed E-state index contributed by atoms with van der Waals surface area (Å²) in [5.41, 5.74) is 3.06. The molecule has 0 aliphatic rings. The van der Waals surface area contributed by atoms with Crippen LogP contribution >= 0.6 is 0 Å². The summed E-state index contributed by atoms with van der Waals surface area (Å²) in [5, 5.41) is 3.42. The third-order valence-corrected chi connectivity index (χ3v) is 3.13. The summed E-state index contributed by atoms with van der Waals surface area (Å²) in [6, 6.07) is 5.88. The number of ether oxygens (including phenoxy) is 1. The van der Waals surface area contributed by atoms with Gasteiger partial charge >= 0.3 is 0 Å². The van der Waals surface area contributed by atoms with Gasteiger partial charge in [0.2, 0.25) is 5.88 Å². The van der Waals surface area contributed by atoms with E-state index in [1.165, 1.54) is 5.56 Å². The Hall–Kier alpha value is -1.94. The molecule has 2 aromatic heterocycles. The maximum Gasteiger partial charge on any atom is 0.222 e. The minimum Gasteiger partial charge on any atom is -0.437 e. The molecule has 0 saturated heterocycles. The van der Waals surface area contributed by atoms with Crippen LogP contribution in [0.25, 0.3) is 0 Å². The van der Waals surface area contributed by atoms with Crippen LogP contribution in [-0.2, 0) is 6.54 Å². The van der Waals surface area contributed by atoms with Gasteiger partial charge in [-0.2, -0.15) is 0 Å². The van der Waals surface area contributed by atoms with E-state index in [1.54, 1.807) is 6.20 Å². The van der Waals surface area contributed by atoms with Crippen LogP contribution in [0, 0.1) is 19.8 Å². The van der Waals surface area contributed by atoms with Crippen LogP contribution in [0.1, 0.15) is 30.7 Å². The number of nitrogens with one attached hydrogen (secondary N) is 1. The molecule has 0 saturated carbocycles. The normalized spacial score (nSPS) is 10.9. The Morgan fingerprint density at radius 3 is 2.71 bits per heavy atom. The van der Waals surface area contributed by atoms with Gasteiger partial charge in [0.1, 0.15) is 0 Å². The van der Waals surface area contributed by atoms with Crippen LogP contribution in [-0.4, -0.2) is 16.5 Å². The molecule has 2 aromatic rings. The topological polar surface area (TPSA) is 47.0 Å². The summed E-state index contributed by atoms with van der Waals surface area (Å²) in [6.07, 6.45) is 3.62. The molecule has 112 valence electrons. The lowest BCUT2D eigenvalue weighted by Gasteiger charge is -2.11. The van der Waals surface area contributed by atoms with Crippen molar-refractivity contribution in [2.75, 3.05) is 6.54 Å². The van der Waals surface area contributed by atoms with E-state index < -0.39 is 0 Å². The van der Waals surface area contributed by atoms with Gasteiger partial charge in [-0.25, -0.2) is 4.98 Å². The number of nitrogens with zero attached hydrogens (tertiary/aromatic N) is 2. The first-order valence-corrected chi connectivity index (χ1v) is 7.32. The SMILES string of the molecule is Cc1cc(CNCC(C)C)cnc1Oc1cccnc1C. The van der Waals surface area contributed by atoms with Crippen molar-refractivity contribution < 1.29 is 4.74 Å². The standard InChI is InChI=1S/C17H23N3O/c1-12(2)9-18-10-15-8-13(3)17(20-11-15)21-16-6-5-7-19-14(16)4/h5-8,11-12,18H,9-10H2,1-4H3. The molecule has 4 heteroatoms. The Morgan fingerprint density at radius 2 is 2.05 bits per heavy atom. The van der Waals surface area contributed by atoms with Crippen LogP contribution in [0.2, 0.25) is 0 Å². The second kappa shape index (κ2) is 7.18. The van der Waals surface area contributed by atoms with E-state index in [0.717, 1.165) is 30.1 Å². The number of rotatable bonds is 6. The van der Waals surface area contributed by atoms with Crippen molar-refractivity contribution in [1.29, 1.82) is 0 Å². The first kappa shape index (κ1) is 15.4. The average molecular weight is 285 g/mol. The highest BCUT2D eigenvalue weighted by Gasteiger charge is 2.07. The molecule has 0 atom stereocenters. The lowest BCUT2D eigenvalue weighted by atomic mass is 10.2. The van der Waals surface area contributed by atoms with Crippen molar-refractivity contribution in [1.82, 2.24) is 15.3 Å². The van der Waals surface area contributed by atoms with Crippen molar-refractivity contribution in [3.63, 3.8) is 0 Å². The summed E-state index contributed by atoms with van der Waals surface area (Å²) >= 11 is 0. The highest BCUT2D eigenvalue weighted by molar-refractivity contribution is 5.35. The summed E-state index contributed by atoms with van der Waals surface area (Å²) in [5.74, 6) is 2.03. The van der Waals surface area contributed by atoms with Gasteiger partial charge in [0.15, 0.2) is 5.75 Å². The van der Waals surface area contributed by atoms with Crippen molar-refractivity contribution in [2.45, 2.75) is 34.2 Å². The predicted molar refractivity (Wildman–Crippen MR) is 84.6 cm³/mol. The van der Waals surface area contributed by atoms with E-state index >= 15 is 0 Å². The molecule has 0 fully saturated rings. The average Bonchev–Trinajstić information content (AvgIpc) is 2.43. The number of hydrogen-bond donors (Lipinski definition) is 1. The molecule has 0 spiro atoms. The van der Waals surface area contributed by atoms with Gasteiger partial charge in [-0.15, -0.1) is 0 Å². The molecule has 0 aliphatic carbocycles. The number of hydrogen-bond acceptors (Lipinski definition) is 4. The number of aromatic nitrogens is 2. The zero-order chi connectivity index (χ0) is 15.2. The molecular weight excluding hydrogens is 262 g/mol. The lowest BCUT2D eigenvalue weighted by Crippen LogP contribution is -2.19. The molecule has 1 N–H and O–H groups in total. The summed E-state index contributed by atoms with van der Waals surface area (Å²) in [7, 11) is 0. The molecule has 0 amide bonds. The van der Waals surface area contributed by atoms with E-state index in [2.05, 4.69) is 35.2 Å². The van der Waals surface area contributed by atoms with Crippen LogP contribution in [0.5, 0.6) is 11.6 Å². The summed E-state index contributed by atoms with van der Waals surface area (Å²) in [4.78, 5) is 8.64. The third-order valence-electron chi connectivity index (χ3n) is 3.13. The second-order valence-corrected chi connectivity index (χ2v) is 5.68. The first-order valence-electron chi connectivity index (χ1n) is 7.32. The van der Waals surface area contributed by atoms with E-state index in [9.17, 15) is 0 Å². The van der Waals surface area contributed by atoms with Crippen molar-refractivity contribution in [2.24, 2.45) is 5.92 Å². The van der Waals surface area contributed by atoms with Gasteiger partial charge in [0.05, 0.1) is 5.69 Å². The molecule has 0 aliphatic heterocycles. The van der Waals surface area contributed by atoms with Crippen LogP contribution < -0.4 is 10.1 Å². The molecular formula is C17H23N3O. The largest absolute Gasteiger partial charge is 0.437 e. The first-order chi connectivity index (χ1) is 10.1. The van der Waals surface area contributed by atoms with Crippen molar-refractivity contribution in [3.05, 3.63) is 47.4 Å². The maximum atomic E-state index is 5.84. The Morgan fingerprint density at radius 1 is 1.24 bits per heavy atom. The van der Waals surface area contributed by atoms with Crippen molar-refractivity contribution >= 4 is 0 Å². The summed E-state index contributed by atoms with van der Waals surface area (Å²) < 4.78 is 5.84. The Bertz CT molecular complexity index is 596. The zero-order valence-electron chi connectivity index (χ0n) is 13.2. The highest BCUT2D eigenvalue weighted by atomic mass is 16.5. The monoisotopic (exact) mass is 285 g/mol. The van der Waals surface area contributed by atoms with Crippen LogP contribution in [0.3, 0.4) is 0 Å². The highest BCUT2D eigenvalue weighted by Crippen LogP contribution is 2.24. The molecule has 0 radical (unpaired) electrons. The summed E-state index contributed by atoms with van der Waals surface area (Å²) in [6.45, 7) is 10.2. The third kappa shape index (κ3) is 4.53. The van der Waals surface area contributed by atoms with Gasteiger partial charge < -0.3 is 10.1 Å². The smallest absolute Gasteiger partial charge is 0.222 e. The van der Waals surface area contributed by atoms with E-state index in [0.29, 0.717) is 11.8 Å². The van der Waals surface area contributed by atoms with Crippen LogP contribution in [0.4, 0.5) is 0 Å². The predicted octanol–water partition coefficient (Wildman–Crippen LogP) is 3.63. The fourth-order valence-electron chi connectivity index (χ4n) is 2.01. The number of aryl methyl sites for hydroxylation is 2. The zero-order valence-corrected chi connectivity index (χ0v) is 13.2. The minimum atomic E-state index is 0.638. The molecule has 2 rings (SSSR count). The molecule has 2 heterocycles. The van der Waals surface area contributed by atoms with Gasteiger partial charge in [-0.1, -0.05) is 13.8 Å².